The molecule has 0 atom stereocenters. The Hall–Kier alpha value is -3.05. The maximum atomic E-state index is 11.6. The number of nitrogens with one attached hydrogen (secondary N) is 1. The van der Waals surface area contributed by atoms with Crippen LogP contribution in [0, 0.1) is 0 Å². The molecule has 0 bridgehead atoms. The van der Waals surface area contributed by atoms with Crippen LogP contribution < -0.4 is 5.32 Å². The van der Waals surface area contributed by atoms with Gasteiger partial charge in [-0.05, 0) is 42.6 Å². The molecule has 0 aliphatic rings. The second-order valence-corrected chi connectivity index (χ2v) is 6.60. The lowest BCUT2D eigenvalue weighted by Crippen LogP contribution is -2.00. The van der Waals surface area contributed by atoms with Crippen LogP contribution in [-0.4, -0.2) is 15.8 Å². The molecule has 5 heteroatoms. The van der Waals surface area contributed by atoms with Gasteiger partial charge in [0.05, 0.1) is 10.4 Å². The molecule has 4 aromatic rings. The van der Waals surface area contributed by atoms with Gasteiger partial charge in [0.25, 0.3) is 0 Å². The minimum absolute atomic E-state index is 0.0375. The molecule has 0 radical (unpaired) electrons. The van der Waals surface area contributed by atoms with Crippen LogP contribution in [0.3, 0.4) is 0 Å². The minimum Gasteiger partial charge on any atom is -0.340 e. The van der Waals surface area contributed by atoms with Gasteiger partial charge in [-0.2, -0.15) is 0 Å². The van der Waals surface area contributed by atoms with Gasteiger partial charge in [-0.15, -0.1) is 11.3 Å². The molecular formula is C20H15N3OS. The summed E-state index contributed by atoms with van der Waals surface area (Å²) in [5.74, 6) is 1.46. The Morgan fingerprint density at radius 1 is 1.00 bits per heavy atom. The van der Waals surface area contributed by atoms with Gasteiger partial charge in [-0.3, -0.25) is 4.79 Å². The molecule has 0 aliphatic heterocycles. The first kappa shape index (κ1) is 15.5. The van der Waals surface area contributed by atoms with E-state index in [1.807, 2.05) is 66.0 Å². The van der Waals surface area contributed by atoms with Crippen LogP contribution in [0.5, 0.6) is 0 Å². The number of carbonyl (C=O) groups is 1. The van der Waals surface area contributed by atoms with Crippen LogP contribution in [0.4, 0.5) is 11.5 Å². The first-order chi connectivity index (χ1) is 12.2. The van der Waals surface area contributed by atoms with Crippen molar-refractivity contribution in [3.05, 3.63) is 71.6 Å². The first-order valence-corrected chi connectivity index (χ1v) is 8.77. The lowest BCUT2D eigenvalue weighted by Gasteiger charge is -2.11. The topological polar surface area (TPSA) is 54.9 Å². The van der Waals surface area contributed by atoms with Crippen molar-refractivity contribution in [2.75, 3.05) is 5.32 Å². The fourth-order valence-electron chi connectivity index (χ4n) is 2.64. The highest BCUT2D eigenvalue weighted by molar-refractivity contribution is 7.13. The van der Waals surface area contributed by atoms with Crippen LogP contribution in [0.1, 0.15) is 17.3 Å². The van der Waals surface area contributed by atoms with Gasteiger partial charge < -0.3 is 5.32 Å². The summed E-state index contributed by atoms with van der Waals surface area (Å²) < 4.78 is 0. The van der Waals surface area contributed by atoms with Crippen molar-refractivity contribution >= 4 is 39.5 Å². The number of rotatable bonds is 4. The highest BCUT2D eigenvalue weighted by Gasteiger charge is 2.10. The lowest BCUT2D eigenvalue weighted by molar-refractivity contribution is 0.101. The molecule has 0 fully saturated rings. The number of nitrogens with zero attached hydrogens (tertiary/aromatic N) is 2. The average Bonchev–Trinajstić information content (AvgIpc) is 3.16. The summed E-state index contributed by atoms with van der Waals surface area (Å²) in [6.07, 6.45) is 0. The number of fused-ring (bicyclic) bond motifs is 1. The predicted molar refractivity (Wildman–Crippen MR) is 103 cm³/mol. The SMILES string of the molecule is CC(=O)c1cccc(Nc2nc(-c3cccs3)nc3ccccc23)c1. The maximum absolute atomic E-state index is 11.6. The van der Waals surface area contributed by atoms with Crippen LogP contribution in [0.15, 0.2) is 66.0 Å². The standard InChI is InChI=1S/C20H15N3OS/c1-13(24)14-6-4-7-15(12-14)21-19-16-8-2-3-9-17(16)22-20(23-19)18-10-5-11-25-18/h2-12H,1H3,(H,21,22,23). The van der Waals surface area contributed by atoms with Gasteiger partial charge in [0.2, 0.25) is 0 Å². The van der Waals surface area contributed by atoms with Crippen LogP contribution in [0.25, 0.3) is 21.6 Å². The molecule has 0 spiro atoms. The number of ketones is 1. The summed E-state index contributed by atoms with van der Waals surface area (Å²) in [5, 5.41) is 6.30. The Labute approximate surface area is 149 Å². The summed E-state index contributed by atoms with van der Waals surface area (Å²) >= 11 is 1.61. The van der Waals surface area contributed by atoms with Gasteiger partial charge in [-0.25, -0.2) is 9.97 Å². The van der Waals surface area contributed by atoms with Gasteiger partial charge in [0.15, 0.2) is 11.6 Å². The zero-order valence-electron chi connectivity index (χ0n) is 13.6. The van der Waals surface area contributed by atoms with E-state index >= 15 is 0 Å². The van der Waals surface area contributed by atoms with E-state index in [1.165, 1.54) is 0 Å². The average molecular weight is 345 g/mol. The molecule has 0 unspecified atom stereocenters. The number of thiophene rings is 1. The monoisotopic (exact) mass is 345 g/mol. The third-order valence-electron chi connectivity index (χ3n) is 3.88. The molecule has 0 saturated heterocycles. The molecule has 2 heterocycles. The van der Waals surface area contributed by atoms with Crippen molar-refractivity contribution in [1.82, 2.24) is 9.97 Å². The summed E-state index contributed by atoms with van der Waals surface area (Å²) in [6.45, 7) is 1.56. The molecule has 4 nitrogen and oxygen atoms in total. The van der Waals surface area contributed by atoms with Crippen LogP contribution in [-0.2, 0) is 0 Å². The number of hydrogen-bond acceptors (Lipinski definition) is 5. The maximum Gasteiger partial charge on any atom is 0.172 e. The number of carbonyl (C=O) groups excluding carboxylic acids is 1. The number of anilines is 2. The zero-order valence-corrected chi connectivity index (χ0v) is 14.4. The van der Waals surface area contributed by atoms with E-state index in [-0.39, 0.29) is 5.78 Å². The van der Waals surface area contributed by atoms with Crippen LogP contribution in [0.2, 0.25) is 0 Å². The molecule has 25 heavy (non-hydrogen) atoms. The number of aromatic nitrogens is 2. The predicted octanol–water partition coefficient (Wildman–Crippen LogP) is 5.30. The van der Waals surface area contributed by atoms with E-state index in [9.17, 15) is 4.79 Å². The summed E-state index contributed by atoms with van der Waals surface area (Å²) in [6, 6.07) is 19.3. The van der Waals surface area contributed by atoms with Gasteiger partial charge in [0.1, 0.15) is 5.82 Å². The highest BCUT2D eigenvalue weighted by Crippen LogP contribution is 2.29. The Morgan fingerprint density at radius 3 is 2.68 bits per heavy atom. The Balaban J connectivity index is 1.83. The van der Waals surface area contributed by atoms with E-state index in [2.05, 4.69) is 10.3 Å². The first-order valence-electron chi connectivity index (χ1n) is 7.89. The van der Waals surface area contributed by atoms with Crippen LogP contribution >= 0.6 is 11.3 Å². The Morgan fingerprint density at radius 2 is 1.88 bits per heavy atom. The molecule has 122 valence electrons. The fraction of sp³-hybridized carbons (Fsp3) is 0.0500. The van der Waals surface area contributed by atoms with Crippen molar-refractivity contribution in [3.8, 4) is 10.7 Å². The van der Waals surface area contributed by atoms with E-state index in [4.69, 9.17) is 4.98 Å². The van der Waals surface area contributed by atoms with Crippen molar-refractivity contribution in [2.24, 2.45) is 0 Å². The number of para-hydroxylation sites is 1. The van der Waals surface area contributed by atoms with Gasteiger partial charge in [0, 0.05) is 16.6 Å². The summed E-state index contributed by atoms with van der Waals surface area (Å²) in [5.41, 5.74) is 2.38. The van der Waals surface area contributed by atoms with Gasteiger partial charge in [-0.1, -0.05) is 30.3 Å². The third kappa shape index (κ3) is 3.14. The Kier molecular flexibility index (Phi) is 3.99. The fourth-order valence-corrected chi connectivity index (χ4v) is 3.30. The zero-order chi connectivity index (χ0) is 17.2. The van der Waals surface area contributed by atoms with Crippen molar-refractivity contribution in [2.45, 2.75) is 6.92 Å². The quantitative estimate of drug-likeness (QED) is 0.510. The van der Waals surface area contributed by atoms with E-state index in [1.54, 1.807) is 18.3 Å². The molecule has 0 saturated carbocycles. The third-order valence-corrected chi connectivity index (χ3v) is 4.74. The molecule has 4 rings (SSSR count). The smallest absolute Gasteiger partial charge is 0.172 e. The minimum atomic E-state index is 0.0375. The van der Waals surface area contributed by atoms with Crippen molar-refractivity contribution < 1.29 is 4.79 Å². The summed E-state index contributed by atoms with van der Waals surface area (Å²) in [7, 11) is 0. The Bertz CT molecular complexity index is 1060. The highest BCUT2D eigenvalue weighted by atomic mass is 32.1. The second-order valence-electron chi connectivity index (χ2n) is 5.65. The second kappa shape index (κ2) is 6.45. The summed E-state index contributed by atoms with van der Waals surface area (Å²) in [4.78, 5) is 22.0. The largest absolute Gasteiger partial charge is 0.340 e. The van der Waals surface area contributed by atoms with E-state index in [0.29, 0.717) is 11.4 Å². The van der Waals surface area contributed by atoms with Gasteiger partial charge >= 0.3 is 0 Å². The number of Topliss-reactive ketones (excluding diaryl/α,β-unsaturated/α-hetero) is 1. The molecule has 0 aliphatic carbocycles. The molecule has 2 aromatic heterocycles. The van der Waals surface area contributed by atoms with E-state index in [0.717, 1.165) is 27.3 Å². The number of benzene rings is 2. The molecule has 0 amide bonds. The molecular weight excluding hydrogens is 330 g/mol. The molecule has 2 aromatic carbocycles. The van der Waals surface area contributed by atoms with Crippen molar-refractivity contribution in [1.29, 1.82) is 0 Å². The number of hydrogen-bond donors (Lipinski definition) is 1. The van der Waals surface area contributed by atoms with E-state index < -0.39 is 0 Å². The van der Waals surface area contributed by atoms with Crippen molar-refractivity contribution in [3.63, 3.8) is 0 Å². The normalized spacial score (nSPS) is 10.8. The molecule has 1 N–H and O–H groups in total. The lowest BCUT2D eigenvalue weighted by atomic mass is 10.1.